The van der Waals surface area contributed by atoms with Crippen molar-refractivity contribution in [1.29, 1.82) is 0 Å². The van der Waals surface area contributed by atoms with Gasteiger partial charge in [-0.05, 0) is 56.5 Å². The van der Waals surface area contributed by atoms with E-state index in [0.29, 0.717) is 5.92 Å². The highest BCUT2D eigenvalue weighted by molar-refractivity contribution is 6.32. The second-order valence-corrected chi connectivity index (χ2v) is 8.81. The van der Waals surface area contributed by atoms with Crippen molar-refractivity contribution in [2.24, 2.45) is 0 Å². The monoisotopic (exact) mass is 413 g/mol. The van der Waals surface area contributed by atoms with Crippen molar-refractivity contribution < 1.29 is 9.53 Å². The Balaban J connectivity index is 1.44. The van der Waals surface area contributed by atoms with Gasteiger partial charge in [-0.3, -0.25) is 9.69 Å². The summed E-state index contributed by atoms with van der Waals surface area (Å²) in [6.45, 7) is 7.55. The predicted molar refractivity (Wildman–Crippen MR) is 111 cm³/mol. The minimum atomic E-state index is -0.131. The largest absolute Gasteiger partial charge is 0.377 e. The molecule has 2 aromatic heterocycles. The first-order valence-corrected chi connectivity index (χ1v) is 10.4. The van der Waals surface area contributed by atoms with Crippen LogP contribution in [0.1, 0.15) is 43.0 Å². The van der Waals surface area contributed by atoms with Crippen LogP contribution in [0.25, 0.3) is 16.6 Å². The smallest absolute Gasteiger partial charge is 0.243 e. The van der Waals surface area contributed by atoms with Gasteiger partial charge in [0, 0.05) is 17.3 Å². The molecule has 7 nitrogen and oxygen atoms in total. The molecular weight excluding hydrogens is 390 g/mol. The number of fused-ring (bicyclic) bond motifs is 1. The van der Waals surface area contributed by atoms with Crippen LogP contribution in [-0.4, -0.2) is 62.2 Å². The number of hydrogen-bond donors (Lipinski definition) is 0. The minimum Gasteiger partial charge on any atom is -0.377 e. The maximum atomic E-state index is 11.6. The molecule has 29 heavy (non-hydrogen) atoms. The third-order valence-corrected chi connectivity index (χ3v) is 6.67. The summed E-state index contributed by atoms with van der Waals surface area (Å²) in [7, 11) is 0. The SMILES string of the molecule is CC(=O)n1cc(-n2ncc3cc(Cl)c(C4CCN(C5(C)COC5)CC4)cc32)cn1. The quantitative estimate of drug-likeness (QED) is 0.657. The molecule has 2 fully saturated rings. The fourth-order valence-corrected chi connectivity index (χ4v) is 4.81. The molecule has 3 aromatic rings. The molecule has 0 bridgehead atoms. The van der Waals surface area contributed by atoms with Crippen LogP contribution in [0.5, 0.6) is 0 Å². The first-order valence-electron chi connectivity index (χ1n) is 10.0. The number of ether oxygens (including phenoxy) is 1. The summed E-state index contributed by atoms with van der Waals surface area (Å²) < 4.78 is 8.57. The van der Waals surface area contributed by atoms with Gasteiger partial charge in [0.15, 0.2) is 0 Å². The molecule has 2 aliphatic rings. The summed E-state index contributed by atoms with van der Waals surface area (Å²) in [4.78, 5) is 14.1. The number of carbonyl (C=O) groups excluding carboxylic acids is 1. The Morgan fingerprint density at radius 1 is 1.21 bits per heavy atom. The molecule has 8 heteroatoms. The van der Waals surface area contributed by atoms with Gasteiger partial charge in [0.05, 0.1) is 42.9 Å². The van der Waals surface area contributed by atoms with Crippen LogP contribution in [0, 0.1) is 0 Å². The number of nitrogens with zero attached hydrogens (tertiary/aromatic N) is 5. The van der Waals surface area contributed by atoms with Crippen molar-refractivity contribution in [3.8, 4) is 5.69 Å². The van der Waals surface area contributed by atoms with Crippen molar-refractivity contribution >= 4 is 28.4 Å². The van der Waals surface area contributed by atoms with E-state index in [-0.39, 0.29) is 11.4 Å². The second-order valence-electron chi connectivity index (χ2n) is 8.40. The number of hydrogen-bond acceptors (Lipinski definition) is 5. The Labute approximate surface area is 174 Å². The van der Waals surface area contributed by atoms with Crippen LogP contribution in [0.3, 0.4) is 0 Å². The maximum absolute atomic E-state index is 11.6. The van der Waals surface area contributed by atoms with E-state index in [1.165, 1.54) is 17.2 Å². The van der Waals surface area contributed by atoms with Gasteiger partial charge in [0.1, 0.15) is 5.69 Å². The van der Waals surface area contributed by atoms with E-state index < -0.39 is 0 Å². The maximum Gasteiger partial charge on any atom is 0.243 e. The number of likely N-dealkylation sites (tertiary alicyclic amines) is 1. The minimum absolute atomic E-state index is 0.131. The molecular formula is C21H24ClN5O2. The Hall–Kier alpha value is -2.22. The number of benzene rings is 1. The lowest BCUT2D eigenvalue weighted by Crippen LogP contribution is -2.61. The lowest BCUT2D eigenvalue weighted by molar-refractivity contribution is -0.136. The zero-order valence-electron chi connectivity index (χ0n) is 16.6. The molecule has 5 rings (SSSR count). The molecule has 0 aliphatic carbocycles. The predicted octanol–water partition coefficient (Wildman–Crippen LogP) is 3.50. The molecule has 152 valence electrons. The summed E-state index contributed by atoms with van der Waals surface area (Å²) in [5.74, 6) is 0.296. The summed E-state index contributed by atoms with van der Waals surface area (Å²) >= 11 is 6.67. The third kappa shape index (κ3) is 3.17. The molecule has 0 N–H and O–H groups in total. The van der Waals surface area contributed by atoms with Crippen molar-refractivity contribution in [2.45, 2.75) is 38.1 Å². The van der Waals surface area contributed by atoms with Gasteiger partial charge in [0.25, 0.3) is 0 Å². The Morgan fingerprint density at radius 3 is 2.59 bits per heavy atom. The van der Waals surface area contributed by atoms with Gasteiger partial charge < -0.3 is 4.74 Å². The van der Waals surface area contributed by atoms with E-state index >= 15 is 0 Å². The average molecular weight is 414 g/mol. The van der Waals surface area contributed by atoms with Crippen LogP contribution >= 0.6 is 11.6 Å². The zero-order valence-corrected chi connectivity index (χ0v) is 17.4. The number of carbonyl (C=O) groups is 1. The van der Waals surface area contributed by atoms with Crippen LogP contribution in [0.2, 0.25) is 5.02 Å². The van der Waals surface area contributed by atoms with E-state index in [1.807, 2.05) is 10.7 Å². The molecule has 1 aromatic carbocycles. The first kappa shape index (κ1) is 18.8. The molecule has 0 radical (unpaired) electrons. The van der Waals surface area contributed by atoms with Crippen molar-refractivity contribution in [3.63, 3.8) is 0 Å². The van der Waals surface area contributed by atoms with Crippen LogP contribution in [0.15, 0.2) is 30.7 Å². The summed E-state index contributed by atoms with van der Waals surface area (Å²) in [5.41, 5.74) is 3.12. The Kier molecular flexibility index (Phi) is 4.49. The van der Waals surface area contributed by atoms with E-state index in [9.17, 15) is 4.79 Å². The fraction of sp³-hybridized carbons (Fsp3) is 0.476. The molecule has 0 atom stereocenters. The Bertz CT molecular complexity index is 1080. The topological polar surface area (TPSA) is 65.2 Å². The zero-order chi connectivity index (χ0) is 20.2. The van der Waals surface area contributed by atoms with Gasteiger partial charge in [-0.25, -0.2) is 9.36 Å². The first-order chi connectivity index (χ1) is 13.9. The molecule has 2 saturated heterocycles. The van der Waals surface area contributed by atoms with Crippen molar-refractivity contribution in [3.05, 3.63) is 41.3 Å². The number of piperidine rings is 1. The molecule has 0 amide bonds. The second kappa shape index (κ2) is 6.93. The normalized spacial score (nSPS) is 20.1. The summed E-state index contributed by atoms with van der Waals surface area (Å²) in [6.07, 6.45) is 7.31. The highest BCUT2D eigenvalue weighted by Crippen LogP contribution is 2.38. The van der Waals surface area contributed by atoms with Crippen LogP contribution in [0.4, 0.5) is 0 Å². The molecule has 0 spiro atoms. The van der Waals surface area contributed by atoms with Gasteiger partial charge >= 0.3 is 0 Å². The van der Waals surface area contributed by atoms with Crippen molar-refractivity contribution in [1.82, 2.24) is 24.5 Å². The van der Waals surface area contributed by atoms with Crippen LogP contribution < -0.4 is 0 Å². The third-order valence-electron chi connectivity index (χ3n) is 6.35. The summed E-state index contributed by atoms with van der Waals surface area (Å²) in [5, 5.41) is 10.4. The van der Waals surface area contributed by atoms with Crippen LogP contribution in [-0.2, 0) is 4.74 Å². The standard InChI is InChI=1S/C21H24ClN5O2/c1-14(28)26-11-17(10-23-26)27-20-8-18(19(22)7-16(20)9-24-27)15-3-5-25(6-4-15)21(2)12-29-13-21/h7-11,15H,3-6,12-13H2,1-2H3. The van der Waals surface area contributed by atoms with Gasteiger partial charge in [-0.2, -0.15) is 10.2 Å². The lowest BCUT2D eigenvalue weighted by atomic mass is 9.86. The molecule has 4 heterocycles. The molecule has 0 unspecified atom stereocenters. The van der Waals surface area contributed by atoms with E-state index in [2.05, 4.69) is 28.1 Å². The molecule has 0 saturated carbocycles. The van der Waals surface area contributed by atoms with Gasteiger partial charge in [-0.1, -0.05) is 11.6 Å². The highest BCUT2D eigenvalue weighted by Gasteiger charge is 2.41. The summed E-state index contributed by atoms with van der Waals surface area (Å²) in [6, 6.07) is 4.16. The number of halogens is 1. The fourth-order valence-electron chi connectivity index (χ4n) is 4.49. The van der Waals surface area contributed by atoms with E-state index in [1.54, 1.807) is 18.6 Å². The number of aromatic nitrogens is 4. The van der Waals surface area contributed by atoms with E-state index in [4.69, 9.17) is 16.3 Å². The highest BCUT2D eigenvalue weighted by atomic mass is 35.5. The average Bonchev–Trinajstić information content (AvgIpc) is 3.32. The lowest BCUT2D eigenvalue weighted by Gasteiger charge is -2.50. The van der Waals surface area contributed by atoms with Crippen molar-refractivity contribution in [2.75, 3.05) is 26.3 Å². The molecule has 2 aliphatic heterocycles. The van der Waals surface area contributed by atoms with E-state index in [0.717, 1.165) is 60.8 Å². The Morgan fingerprint density at radius 2 is 1.97 bits per heavy atom. The number of rotatable bonds is 3. The van der Waals surface area contributed by atoms with Gasteiger partial charge in [0.2, 0.25) is 5.91 Å². The van der Waals surface area contributed by atoms with Gasteiger partial charge in [-0.15, -0.1) is 0 Å².